The van der Waals surface area contributed by atoms with Crippen LogP contribution in [0.2, 0.25) is 0 Å². The van der Waals surface area contributed by atoms with Gasteiger partial charge in [-0.1, -0.05) is 0 Å². The molecule has 19 heavy (non-hydrogen) atoms. The topological polar surface area (TPSA) is 30.5 Å². The zero-order valence-corrected chi connectivity index (χ0v) is 12.2. The standard InChI is InChI=1S/C12H15BrF3NO2/c1-3-18-10-5-8(6-17-2)4-9(13)11(10)19-7-12(14,15)16/h4-5,17H,3,6-7H2,1-2H3. The predicted octanol–water partition coefficient (Wildman–Crippen LogP) is 3.51. The van der Waals surface area contributed by atoms with E-state index in [1.165, 1.54) is 0 Å². The van der Waals surface area contributed by atoms with Gasteiger partial charge in [0, 0.05) is 6.54 Å². The molecule has 108 valence electrons. The van der Waals surface area contributed by atoms with Gasteiger partial charge in [0.25, 0.3) is 0 Å². The van der Waals surface area contributed by atoms with Crippen molar-refractivity contribution in [2.45, 2.75) is 19.6 Å². The molecule has 0 aliphatic carbocycles. The quantitative estimate of drug-likeness (QED) is 0.858. The number of benzene rings is 1. The van der Waals surface area contributed by atoms with E-state index >= 15 is 0 Å². The van der Waals surface area contributed by atoms with E-state index in [0.29, 0.717) is 23.4 Å². The molecule has 1 aromatic carbocycles. The maximum atomic E-state index is 12.2. The van der Waals surface area contributed by atoms with Gasteiger partial charge in [-0.3, -0.25) is 0 Å². The van der Waals surface area contributed by atoms with E-state index in [9.17, 15) is 13.2 Å². The van der Waals surface area contributed by atoms with Crippen LogP contribution in [-0.4, -0.2) is 26.4 Å². The lowest BCUT2D eigenvalue weighted by molar-refractivity contribution is -0.153. The van der Waals surface area contributed by atoms with Crippen molar-refractivity contribution in [1.29, 1.82) is 0 Å². The number of hydrogen-bond acceptors (Lipinski definition) is 3. The average Bonchev–Trinajstić information content (AvgIpc) is 2.27. The van der Waals surface area contributed by atoms with E-state index < -0.39 is 12.8 Å². The molecule has 0 unspecified atom stereocenters. The minimum Gasteiger partial charge on any atom is -0.490 e. The third-order valence-electron chi connectivity index (χ3n) is 2.13. The van der Waals surface area contributed by atoms with Gasteiger partial charge in [-0.05, 0) is 47.6 Å². The summed E-state index contributed by atoms with van der Waals surface area (Å²) >= 11 is 3.21. The molecule has 1 rings (SSSR count). The normalized spacial score (nSPS) is 11.5. The van der Waals surface area contributed by atoms with Gasteiger partial charge in [0.2, 0.25) is 0 Å². The molecular formula is C12H15BrF3NO2. The highest BCUT2D eigenvalue weighted by Gasteiger charge is 2.29. The van der Waals surface area contributed by atoms with Gasteiger partial charge in [-0.2, -0.15) is 13.2 Å². The smallest absolute Gasteiger partial charge is 0.422 e. The molecule has 1 aromatic rings. The fourth-order valence-corrected chi connectivity index (χ4v) is 2.09. The summed E-state index contributed by atoms with van der Waals surface area (Å²) in [7, 11) is 1.78. The minimum atomic E-state index is -4.38. The van der Waals surface area contributed by atoms with Crippen molar-refractivity contribution < 1.29 is 22.6 Å². The lowest BCUT2D eigenvalue weighted by atomic mass is 10.2. The number of halogens is 4. The Balaban J connectivity index is 3.00. The van der Waals surface area contributed by atoms with Crippen LogP contribution in [0, 0.1) is 0 Å². The zero-order valence-electron chi connectivity index (χ0n) is 10.6. The molecule has 3 nitrogen and oxygen atoms in total. The molecule has 1 N–H and O–H groups in total. The third-order valence-corrected chi connectivity index (χ3v) is 2.72. The van der Waals surface area contributed by atoms with Crippen LogP contribution in [0.3, 0.4) is 0 Å². The number of nitrogens with one attached hydrogen (secondary N) is 1. The summed E-state index contributed by atoms with van der Waals surface area (Å²) in [5.74, 6) is 0.366. The highest BCUT2D eigenvalue weighted by Crippen LogP contribution is 2.37. The molecule has 0 saturated carbocycles. The van der Waals surface area contributed by atoms with Gasteiger partial charge < -0.3 is 14.8 Å². The molecular weight excluding hydrogens is 327 g/mol. The third kappa shape index (κ3) is 5.28. The molecule has 0 saturated heterocycles. The number of rotatable bonds is 6. The molecule has 0 bridgehead atoms. The van der Waals surface area contributed by atoms with E-state index in [1.807, 2.05) is 0 Å². The van der Waals surface area contributed by atoms with Crippen LogP contribution in [0.1, 0.15) is 12.5 Å². The van der Waals surface area contributed by atoms with E-state index in [0.717, 1.165) is 5.56 Å². The summed E-state index contributed by atoms with van der Waals surface area (Å²) in [6.45, 7) is 1.33. The number of alkyl halides is 3. The van der Waals surface area contributed by atoms with Crippen LogP contribution < -0.4 is 14.8 Å². The Kier molecular flexibility index (Phi) is 5.93. The lowest BCUT2D eigenvalue weighted by Crippen LogP contribution is -2.20. The Bertz CT molecular complexity index is 424. The van der Waals surface area contributed by atoms with Crippen molar-refractivity contribution in [2.75, 3.05) is 20.3 Å². The Hall–Kier alpha value is -0.950. The minimum absolute atomic E-state index is 0.0685. The van der Waals surface area contributed by atoms with Crippen LogP contribution in [0.4, 0.5) is 13.2 Å². The fraction of sp³-hybridized carbons (Fsp3) is 0.500. The maximum Gasteiger partial charge on any atom is 0.422 e. The van der Waals surface area contributed by atoms with Gasteiger partial charge in [-0.25, -0.2) is 0 Å². The second-order valence-electron chi connectivity index (χ2n) is 3.77. The molecule has 0 atom stereocenters. The average molecular weight is 342 g/mol. The second kappa shape index (κ2) is 7.00. The maximum absolute atomic E-state index is 12.2. The lowest BCUT2D eigenvalue weighted by Gasteiger charge is -2.16. The van der Waals surface area contributed by atoms with Crippen molar-refractivity contribution in [2.24, 2.45) is 0 Å². The zero-order chi connectivity index (χ0) is 14.5. The van der Waals surface area contributed by atoms with E-state index in [4.69, 9.17) is 9.47 Å². The molecule has 0 aliphatic heterocycles. The van der Waals surface area contributed by atoms with Crippen molar-refractivity contribution in [3.05, 3.63) is 22.2 Å². The largest absolute Gasteiger partial charge is 0.490 e. The van der Waals surface area contributed by atoms with Gasteiger partial charge in [0.05, 0.1) is 11.1 Å². The van der Waals surface area contributed by atoms with Gasteiger partial charge in [-0.15, -0.1) is 0 Å². The van der Waals surface area contributed by atoms with Gasteiger partial charge in [0.1, 0.15) is 0 Å². The molecule has 0 amide bonds. The van der Waals surface area contributed by atoms with Crippen molar-refractivity contribution in [3.63, 3.8) is 0 Å². The summed E-state index contributed by atoms with van der Waals surface area (Å²) in [6.07, 6.45) is -4.38. The van der Waals surface area contributed by atoms with Crippen LogP contribution in [0.25, 0.3) is 0 Å². The van der Waals surface area contributed by atoms with Crippen LogP contribution in [0.5, 0.6) is 11.5 Å². The highest BCUT2D eigenvalue weighted by molar-refractivity contribution is 9.10. The first-order chi connectivity index (χ1) is 8.87. The SMILES string of the molecule is CCOc1cc(CNC)cc(Br)c1OCC(F)(F)F. The Morgan fingerprint density at radius 3 is 2.47 bits per heavy atom. The van der Waals surface area contributed by atoms with Crippen molar-refractivity contribution in [3.8, 4) is 11.5 Å². The summed E-state index contributed by atoms with van der Waals surface area (Å²) in [4.78, 5) is 0. The van der Waals surface area contributed by atoms with E-state index in [-0.39, 0.29) is 5.75 Å². The van der Waals surface area contributed by atoms with Crippen LogP contribution in [0.15, 0.2) is 16.6 Å². The number of hydrogen-bond donors (Lipinski definition) is 1. The molecule has 0 aliphatic rings. The van der Waals surface area contributed by atoms with Crippen molar-refractivity contribution >= 4 is 15.9 Å². The Morgan fingerprint density at radius 1 is 1.26 bits per heavy atom. The van der Waals surface area contributed by atoms with Crippen LogP contribution >= 0.6 is 15.9 Å². The Morgan fingerprint density at radius 2 is 1.95 bits per heavy atom. The summed E-state index contributed by atoms with van der Waals surface area (Å²) in [5.41, 5.74) is 0.886. The van der Waals surface area contributed by atoms with Gasteiger partial charge in [0.15, 0.2) is 18.1 Å². The van der Waals surface area contributed by atoms with E-state index in [2.05, 4.69) is 21.2 Å². The molecule has 7 heteroatoms. The monoisotopic (exact) mass is 341 g/mol. The molecule has 0 heterocycles. The fourth-order valence-electron chi connectivity index (χ4n) is 1.48. The first-order valence-electron chi connectivity index (χ1n) is 5.66. The molecule has 0 fully saturated rings. The first-order valence-corrected chi connectivity index (χ1v) is 6.46. The van der Waals surface area contributed by atoms with Gasteiger partial charge >= 0.3 is 6.18 Å². The van der Waals surface area contributed by atoms with Crippen LogP contribution in [-0.2, 0) is 6.54 Å². The molecule has 0 spiro atoms. The van der Waals surface area contributed by atoms with E-state index in [1.54, 1.807) is 26.1 Å². The summed E-state index contributed by atoms with van der Waals surface area (Å²) < 4.78 is 47.2. The summed E-state index contributed by atoms with van der Waals surface area (Å²) in [6, 6.07) is 3.36. The predicted molar refractivity (Wildman–Crippen MR) is 69.6 cm³/mol. The molecule has 0 radical (unpaired) electrons. The highest BCUT2D eigenvalue weighted by atomic mass is 79.9. The number of ether oxygens (including phenoxy) is 2. The Labute approximate surface area is 118 Å². The molecule has 0 aromatic heterocycles. The second-order valence-corrected chi connectivity index (χ2v) is 4.63. The first kappa shape index (κ1) is 16.1. The van der Waals surface area contributed by atoms with Crippen molar-refractivity contribution in [1.82, 2.24) is 5.32 Å². The summed E-state index contributed by atoms with van der Waals surface area (Å²) in [5, 5.41) is 2.96.